The number of aromatic nitrogens is 3. The molecule has 0 aliphatic rings. The molecule has 0 saturated heterocycles. The van der Waals surface area contributed by atoms with Gasteiger partial charge in [0.05, 0.1) is 24.4 Å². The Balaban J connectivity index is 2.08. The molecule has 2 aromatic heterocycles. The predicted octanol–water partition coefficient (Wildman–Crippen LogP) is 3.75. The third kappa shape index (κ3) is 2.36. The minimum absolute atomic E-state index is 0.804. The van der Waals surface area contributed by atoms with Crippen molar-refractivity contribution in [1.82, 2.24) is 15.0 Å². The molecule has 3 aromatic rings. The zero-order valence-corrected chi connectivity index (χ0v) is 12.2. The van der Waals surface area contributed by atoms with Gasteiger partial charge in [0, 0.05) is 11.1 Å². The topological polar surface area (TPSA) is 50.8 Å². The molecule has 0 fully saturated rings. The van der Waals surface area contributed by atoms with Crippen LogP contribution in [0.2, 0.25) is 0 Å². The number of thioether (sulfide) groups is 1. The number of benzene rings is 1. The molecule has 0 amide bonds. The molecule has 3 rings (SSSR count). The summed E-state index contributed by atoms with van der Waals surface area (Å²) >= 11 is 1.79. The van der Waals surface area contributed by atoms with E-state index >= 15 is 0 Å². The van der Waals surface area contributed by atoms with Gasteiger partial charge in [-0.25, -0.2) is 4.98 Å². The molecule has 0 aliphatic carbocycles. The van der Waals surface area contributed by atoms with Gasteiger partial charge >= 0.3 is 0 Å². The van der Waals surface area contributed by atoms with Gasteiger partial charge in [0.1, 0.15) is 17.1 Å². The largest absolute Gasteiger partial charge is 0.496 e. The molecule has 5 heteroatoms. The SMILES string of the molecule is CCSc1ccc(-c2nc3cnccc3[nH]2)c(OC)c1. The second-order valence-electron chi connectivity index (χ2n) is 4.27. The van der Waals surface area contributed by atoms with Crippen molar-refractivity contribution < 1.29 is 4.74 Å². The molecule has 0 saturated carbocycles. The van der Waals surface area contributed by atoms with Gasteiger partial charge in [-0.15, -0.1) is 11.8 Å². The summed E-state index contributed by atoms with van der Waals surface area (Å²) < 4.78 is 5.49. The van der Waals surface area contributed by atoms with E-state index in [1.807, 2.05) is 12.1 Å². The minimum atomic E-state index is 0.804. The van der Waals surface area contributed by atoms with Crippen molar-refractivity contribution >= 4 is 22.8 Å². The minimum Gasteiger partial charge on any atom is -0.496 e. The Kier molecular flexibility index (Phi) is 3.60. The first-order valence-electron chi connectivity index (χ1n) is 6.42. The Labute approximate surface area is 121 Å². The van der Waals surface area contributed by atoms with Crippen LogP contribution < -0.4 is 4.74 Å². The maximum Gasteiger partial charge on any atom is 0.142 e. The van der Waals surface area contributed by atoms with Crippen molar-refractivity contribution in [3.05, 3.63) is 36.7 Å². The first-order valence-corrected chi connectivity index (χ1v) is 7.41. The van der Waals surface area contributed by atoms with Crippen molar-refractivity contribution in [3.63, 3.8) is 0 Å². The van der Waals surface area contributed by atoms with Crippen LogP contribution in [-0.2, 0) is 0 Å². The van der Waals surface area contributed by atoms with E-state index < -0.39 is 0 Å². The molecule has 0 atom stereocenters. The number of aromatic amines is 1. The van der Waals surface area contributed by atoms with E-state index in [0.29, 0.717) is 0 Å². The lowest BCUT2D eigenvalue weighted by Crippen LogP contribution is -1.90. The number of fused-ring (bicyclic) bond motifs is 1. The normalized spacial score (nSPS) is 10.9. The third-order valence-electron chi connectivity index (χ3n) is 3.02. The van der Waals surface area contributed by atoms with Gasteiger partial charge in [-0.05, 0) is 30.0 Å². The van der Waals surface area contributed by atoms with Crippen molar-refractivity contribution in [1.29, 1.82) is 0 Å². The lowest BCUT2D eigenvalue weighted by atomic mass is 10.2. The van der Waals surface area contributed by atoms with Gasteiger partial charge in [-0.2, -0.15) is 0 Å². The molecule has 0 bridgehead atoms. The molecule has 20 heavy (non-hydrogen) atoms. The fraction of sp³-hybridized carbons (Fsp3) is 0.200. The quantitative estimate of drug-likeness (QED) is 0.742. The number of hydrogen-bond donors (Lipinski definition) is 1. The second kappa shape index (κ2) is 5.54. The molecule has 1 aromatic carbocycles. The number of hydrogen-bond acceptors (Lipinski definition) is 4. The average molecular weight is 285 g/mol. The summed E-state index contributed by atoms with van der Waals surface area (Å²) in [5.74, 6) is 2.67. The molecular formula is C15H15N3OS. The summed E-state index contributed by atoms with van der Waals surface area (Å²) in [7, 11) is 1.68. The Morgan fingerprint density at radius 2 is 2.20 bits per heavy atom. The van der Waals surface area contributed by atoms with Crippen LogP contribution in [0.25, 0.3) is 22.4 Å². The standard InChI is InChI=1S/C15H15N3OS/c1-3-20-10-4-5-11(14(8-10)19-2)15-17-12-6-7-16-9-13(12)18-15/h4-9H,3H2,1-2H3,(H,17,18). The first-order chi connectivity index (χ1) is 9.81. The van der Waals surface area contributed by atoms with E-state index in [9.17, 15) is 0 Å². The van der Waals surface area contributed by atoms with E-state index in [0.717, 1.165) is 33.9 Å². The predicted molar refractivity (Wildman–Crippen MR) is 82.3 cm³/mol. The van der Waals surface area contributed by atoms with Crippen molar-refractivity contribution in [2.75, 3.05) is 12.9 Å². The fourth-order valence-electron chi connectivity index (χ4n) is 2.11. The summed E-state index contributed by atoms with van der Waals surface area (Å²) in [4.78, 5) is 13.1. The molecule has 0 spiro atoms. The summed E-state index contributed by atoms with van der Waals surface area (Å²) in [5, 5.41) is 0. The molecule has 0 unspecified atom stereocenters. The monoisotopic (exact) mass is 285 g/mol. The van der Waals surface area contributed by atoms with Crippen molar-refractivity contribution in [3.8, 4) is 17.1 Å². The average Bonchev–Trinajstić information content (AvgIpc) is 2.91. The number of H-pyrrole nitrogens is 1. The Morgan fingerprint density at radius 3 is 2.95 bits per heavy atom. The number of methoxy groups -OCH3 is 1. The molecular weight excluding hydrogens is 270 g/mol. The zero-order valence-electron chi connectivity index (χ0n) is 11.4. The highest BCUT2D eigenvalue weighted by atomic mass is 32.2. The number of nitrogens with one attached hydrogen (secondary N) is 1. The second-order valence-corrected chi connectivity index (χ2v) is 5.61. The van der Waals surface area contributed by atoms with Crippen LogP contribution in [-0.4, -0.2) is 27.8 Å². The van der Waals surface area contributed by atoms with Crippen LogP contribution in [0.1, 0.15) is 6.92 Å². The summed E-state index contributed by atoms with van der Waals surface area (Å²) in [6.45, 7) is 2.14. The van der Waals surface area contributed by atoms with Gasteiger partial charge in [0.2, 0.25) is 0 Å². The number of rotatable bonds is 4. The molecule has 102 valence electrons. The lowest BCUT2D eigenvalue weighted by Gasteiger charge is -2.08. The molecule has 1 N–H and O–H groups in total. The van der Waals surface area contributed by atoms with E-state index in [4.69, 9.17) is 4.74 Å². The van der Waals surface area contributed by atoms with Crippen LogP contribution in [0.3, 0.4) is 0 Å². The summed E-state index contributed by atoms with van der Waals surface area (Å²) in [6.07, 6.45) is 3.51. The van der Waals surface area contributed by atoms with Crippen molar-refractivity contribution in [2.24, 2.45) is 0 Å². The number of ether oxygens (including phenoxy) is 1. The lowest BCUT2D eigenvalue weighted by molar-refractivity contribution is 0.415. The summed E-state index contributed by atoms with van der Waals surface area (Å²) in [6, 6.07) is 8.11. The van der Waals surface area contributed by atoms with Crippen molar-refractivity contribution in [2.45, 2.75) is 11.8 Å². The zero-order chi connectivity index (χ0) is 13.9. The highest BCUT2D eigenvalue weighted by Gasteiger charge is 2.11. The van der Waals surface area contributed by atoms with Gasteiger partial charge in [0.15, 0.2) is 0 Å². The third-order valence-corrected chi connectivity index (χ3v) is 3.90. The van der Waals surface area contributed by atoms with Crippen LogP contribution in [0, 0.1) is 0 Å². The van der Waals surface area contributed by atoms with E-state index in [2.05, 4.69) is 34.0 Å². The highest BCUT2D eigenvalue weighted by Crippen LogP contribution is 2.33. The van der Waals surface area contributed by atoms with Crippen LogP contribution in [0.5, 0.6) is 5.75 Å². The first kappa shape index (κ1) is 13.0. The number of pyridine rings is 1. The van der Waals surface area contributed by atoms with Gasteiger partial charge in [-0.1, -0.05) is 6.92 Å². The van der Waals surface area contributed by atoms with E-state index in [1.165, 1.54) is 4.90 Å². The van der Waals surface area contributed by atoms with E-state index in [-0.39, 0.29) is 0 Å². The van der Waals surface area contributed by atoms with Crippen LogP contribution in [0.15, 0.2) is 41.6 Å². The fourth-order valence-corrected chi connectivity index (χ4v) is 2.80. The summed E-state index contributed by atoms with van der Waals surface area (Å²) in [5.41, 5.74) is 2.80. The maximum absolute atomic E-state index is 5.49. The molecule has 0 aliphatic heterocycles. The molecule has 4 nitrogen and oxygen atoms in total. The Morgan fingerprint density at radius 1 is 1.30 bits per heavy atom. The molecule has 2 heterocycles. The Bertz CT molecular complexity index is 706. The van der Waals surface area contributed by atoms with Gasteiger partial charge in [0.25, 0.3) is 0 Å². The maximum atomic E-state index is 5.49. The highest BCUT2D eigenvalue weighted by molar-refractivity contribution is 7.99. The van der Waals surface area contributed by atoms with E-state index in [1.54, 1.807) is 31.3 Å². The molecule has 0 radical (unpaired) electrons. The van der Waals surface area contributed by atoms with Gasteiger partial charge < -0.3 is 9.72 Å². The Hall–Kier alpha value is -2.01. The smallest absolute Gasteiger partial charge is 0.142 e. The van der Waals surface area contributed by atoms with Crippen LogP contribution >= 0.6 is 11.8 Å². The number of nitrogens with zero attached hydrogens (tertiary/aromatic N) is 2. The van der Waals surface area contributed by atoms with Crippen LogP contribution in [0.4, 0.5) is 0 Å². The number of imidazole rings is 1. The van der Waals surface area contributed by atoms with Gasteiger partial charge in [-0.3, -0.25) is 4.98 Å².